The van der Waals surface area contributed by atoms with Gasteiger partial charge in [0, 0.05) is 62.1 Å². The Balaban J connectivity index is 1.21. The van der Waals surface area contributed by atoms with Crippen LogP contribution in [0.1, 0.15) is 46.5 Å². The maximum atomic E-state index is 12.8. The number of nitrogens with two attached hydrogens (primary N) is 1. The van der Waals surface area contributed by atoms with Crippen molar-refractivity contribution in [1.29, 1.82) is 0 Å². The number of piperidine rings is 1. The highest BCUT2D eigenvalue weighted by Crippen LogP contribution is 2.25. The van der Waals surface area contributed by atoms with Crippen molar-refractivity contribution in [3.63, 3.8) is 0 Å². The molecule has 2 saturated heterocycles. The Labute approximate surface area is 239 Å². The SMILES string of the molecule is CN(CC=CC(=O)N1CCCC(Nc2nnc(C(N)=O)c(Nc3ccc(C(=O)N4CCOCC4)cc3)n2)C1)C1CC1. The lowest BCUT2D eigenvalue weighted by molar-refractivity contribution is -0.127. The van der Waals surface area contributed by atoms with Crippen molar-refractivity contribution >= 4 is 35.2 Å². The smallest absolute Gasteiger partial charge is 0.273 e. The minimum Gasteiger partial charge on any atom is -0.378 e. The van der Waals surface area contributed by atoms with Gasteiger partial charge < -0.3 is 30.9 Å². The minimum atomic E-state index is -0.772. The van der Waals surface area contributed by atoms with E-state index in [-0.39, 0.29) is 35.3 Å². The first-order chi connectivity index (χ1) is 19.9. The Bertz CT molecular complexity index is 1280. The van der Waals surface area contributed by atoms with Crippen LogP contribution in [0.15, 0.2) is 36.4 Å². The van der Waals surface area contributed by atoms with Crippen molar-refractivity contribution in [3.05, 3.63) is 47.7 Å². The summed E-state index contributed by atoms with van der Waals surface area (Å²) in [5.74, 6) is -0.478. The van der Waals surface area contributed by atoms with Crippen LogP contribution in [0.3, 0.4) is 0 Å². The lowest BCUT2D eigenvalue weighted by atomic mass is 10.1. The summed E-state index contributed by atoms with van der Waals surface area (Å²) in [5.41, 5.74) is 6.57. The molecule has 1 atom stereocenters. The van der Waals surface area contributed by atoms with E-state index in [4.69, 9.17) is 10.5 Å². The molecule has 3 heterocycles. The summed E-state index contributed by atoms with van der Waals surface area (Å²) in [6, 6.07) is 7.46. The number of rotatable bonds is 10. The van der Waals surface area contributed by atoms with Gasteiger partial charge in [-0.1, -0.05) is 6.08 Å². The van der Waals surface area contributed by atoms with E-state index in [0.29, 0.717) is 56.7 Å². The maximum Gasteiger partial charge on any atom is 0.273 e. The van der Waals surface area contributed by atoms with Gasteiger partial charge in [-0.15, -0.1) is 10.2 Å². The molecule has 1 aromatic heterocycles. The molecule has 2 aromatic rings. The standard InChI is InChI=1S/C28H37N9O4/c1-35(22-10-11-22)12-3-5-23(38)37-13-2-4-21(18-37)31-28-32-26(24(25(29)39)33-34-28)30-20-8-6-19(7-9-20)27(40)36-14-16-41-17-15-36/h3,5-9,21-22H,2,4,10-18H2,1H3,(H2,29,39)(H2,30,31,32,34). The van der Waals surface area contributed by atoms with Gasteiger partial charge in [-0.2, -0.15) is 4.98 Å². The number of primary amides is 1. The predicted molar refractivity (Wildman–Crippen MR) is 153 cm³/mol. The third kappa shape index (κ3) is 7.55. The number of carbonyl (C=O) groups is 3. The molecule has 0 radical (unpaired) electrons. The number of hydrogen-bond donors (Lipinski definition) is 3. The molecule has 41 heavy (non-hydrogen) atoms. The number of hydrogen-bond acceptors (Lipinski definition) is 10. The Morgan fingerprint density at radius 3 is 2.54 bits per heavy atom. The van der Waals surface area contributed by atoms with Gasteiger partial charge in [0.15, 0.2) is 11.5 Å². The van der Waals surface area contributed by atoms with Gasteiger partial charge in [0.25, 0.3) is 11.8 Å². The van der Waals surface area contributed by atoms with Crippen molar-refractivity contribution < 1.29 is 19.1 Å². The molecule has 13 nitrogen and oxygen atoms in total. The first-order valence-corrected chi connectivity index (χ1v) is 14.1. The summed E-state index contributed by atoms with van der Waals surface area (Å²) >= 11 is 0. The number of ether oxygens (including phenoxy) is 1. The zero-order valence-electron chi connectivity index (χ0n) is 23.3. The van der Waals surface area contributed by atoms with Crippen LogP contribution in [0.25, 0.3) is 0 Å². The number of carbonyl (C=O) groups excluding carboxylic acids is 3. The number of anilines is 3. The number of likely N-dealkylation sites (tertiary alicyclic amines) is 1. The average molecular weight is 564 g/mol. The Morgan fingerprint density at radius 1 is 1.07 bits per heavy atom. The first kappa shape index (κ1) is 28.4. The summed E-state index contributed by atoms with van der Waals surface area (Å²) in [7, 11) is 2.08. The van der Waals surface area contributed by atoms with Crippen LogP contribution in [0.2, 0.25) is 0 Å². The molecule has 2 aliphatic heterocycles. The van der Waals surface area contributed by atoms with Crippen LogP contribution in [0.4, 0.5) is 17.5 Å². The molecule has 3 aliphatic rings. The largest absolute Gasteiger partial charge is 0.378 e. The van der Waals surface area contributed by atoms with Crippen LogP contribution >= 0.6 is 0 Å². The quantitative estimate of drug-likeness (QED) is 0.359. The molecule has 4 N–H and O–H groups in total. The zero-order valence-corrected chi connectivity index (χ0v) is 23.3. The summed E-state index contributed by atoms with van der Waals surface area (Å²) in [6.07, 6.45) is 7.72. The van der Waals surface area contributed by atoms with E-state index < -0.39 is 5.91 Å². The van der Waals surface area contributed by atoms with Crippen LogP contribution < -0.4 is 16.4 Å². The van der Waals surface area contributed by atoms with E-state index in [1.165, 1.54) is 12.8 Å². The number of morpholine rings is 1. The highest BCUT2D eigenvalue weighted by atomic mass is 16.5. The lowest BCUT2D eigenvalue weighted by Crippen LogP contribution is -2.44. The summed E-state index contributed by atoms with van der Waals surface area (Å²) in [4.78, 5) is 47.8. The number of nitrogens with zero attached hydrogens (tertiary/aromatic N) is 6. The van der Waals surface area contributed by atoms with Crippen molar-refractivity contribution in [3.8, 4) is 0 Å². The fourth-order valence-corrected chi connectivity index (χ4v) is 4.99. The van der Waals surface area contributed by atoms with Gasteiger partial charge in [-0.3, -0.25) is 19.3 Å². The van der Waals surface area contributed by atoms with Gasteiger partial charge >= 0.3 is 0 Å². The second-order valence-electron chi connectivity index (χ2n) is 10.6. The summed E-state index contributed by atoms with van der Waals surface area (Å²) in [6.45, 7) is 4.14. The van der Waals surface area contributed by atoms with E-state index in [9.17, 15) is 14.4 Å². The van der Waals surface area contributed by atoms with Gasteiger partial charge in [0.1, 0.15) is 0 Å². The molecule has 0 bridgehead atoms. The Morgan fingerprint density at radius 2 is 1.83 bits per heavy atom. The number of nitrogens with one attached hydrogen (secondary N) is 2. The maximum absolute atomic E-state index is 12.8. The van der Waals surface area contributed by atoms with E-state index in [0.717, 1.165) is 19.4 Å². The normalized spacial score (nSPS) is 19.4. The highest BCUT2D eigenvalue weighted by molar-refractivity contribution is 5.97. The molecular weight excluding hydrogens is 526 g/mol. The summed E-state index contributed by atoms with van der Waals surface area (Å²) < 4.78 is 5.32. The third-order valence-corrected chi connectivity index (χ3v) is 7.50. The Kier molecular flexibility index (Phi) is 9.04. The number of benzene rings is 1. The molecule has 1 saturated carbocycles. The molecule has 1 aliphatic carbocycles. The summed E-state index contributed by atoms with van der Waals surface area (Å²) in [5, 5.41) is 14.4. The molecule has 218 valence electrons. The molecule has 3 amide bonds. The third-order valence-electron chi connectivity index (χ3n) is 7.50. The number of likely N-dealkylation sites (N-methyl/N-ethyl adjacent to an activating group) is 1. The van der Waals surface area contributed by atoms with Crippen LogP contribution in [0.5, 0.6) is 0 Å². The zero-order chi connectivity index (χ0) is 28.8. The molecular formula is C28H37N9O4. The molecule has 1 unspecified atom stereocenters. The lowest BCUT2D eigenvalue weighted by Gasteiger charge is -2.32. The van der Waals surface area contributed by atoms with Gasteiger partial charge in [-0.05, 0) is 57.0 Å². The van der Waals surface area contributed by atoms with Crippen LogP contribution in [-0.2, 0) is 9.53 Å². The van der Waals surface area contributed by atoms with E-state index in [2.05, 4.69) is 37.8 Å². The molecule has 13 heteroatoms. The van der Waals surface area contributed by atoms with Gasteiger partial charge in [-0.25, -0.2) is 0 Å². The van der Waals surface area contributed by atoms with E-state index in [1.807, 2.05) is 11.0 Å². The molecule has 0 spiro atoms. The van der Waals surface area contributed by atoms with Crippen molar-refractivity contribution in [2.75, 3.05) is 63.6 Å². The minimum absolute atomic E-state index is 0.0123. The monoisotopic (exact) mass is 563 g/mol. The van der Waals surface area contributed by atoms with Crippen molar-refractivity contribution in [1.82, 2.24) is 29.9 Å². The predicted octanol–water partition coefficient (Wildman–Crippen LogP) is 1.24. The van der Waals surface area contributed by atoms with Crippen molar-refractivity contribution in [2.24, 2.45) is 5.73 Å². The molecule has 5 rings (SSSR count). The number of amides is 3. The first-order valence-electron chi connectivity index (χ1n) is 14.1. The number of aromatic nitrogens is 3. The highest BCUT2D eigenvalue weighted by Gasteiger charge is 2.26. The second-order valence-corrected chi connectivity index (χ2v) is 10.6. The van der Waals surface area contributed by atoms with Gasteiger partial charge in [0.2, 0.25) is 11.9 Å². The fourth-order valence-electron chi connectivity index (χ4n) is 4.99. The Hall–Kier alpha value is -4.10. The van der Waals surface area contributed by atoms with Gasteiger partial charge in [0.05, 0.1) is 13.2 Å². The van der Waals surface area contributed by atoms with E-state index >= 15 is 0 Å². The van der Waals surface area contributed by atoms with E-state index in [1.54, 1.807) is 35.2 Å². The topological polar surface area (TPSA) is 159 Å². The van der Waals surface area contributed by atoms with Crippen molar-refractivity contribution in [2.45, 2.75) is 37.8 Å². The fraction of sp³-hybridized carbons (Fsp3) is 0.500. The average Bonchev–Trinajstić information content (AvgIpc) is 3.84. The van der Waals surface area contributed by atoms with Crippen LogP contribution in [-0.4, -0.2) is 113 Å². The molecule has 3 fully saturated rings. The second kappa shape index (κ2) is 13.0. The van der Waals surface area contributed by atoms with Crippen LogP contribution in [0, 0.1) is 0 Å². The molecule has 1 aromatic carbocycles.